The topological polar surface area (TPSA) is 142 Å². The SMILES string of the molecule is CCC(OS(C)(=O)=O)C(CCN1CCOCC1)(OS(C)(=O)=O)C(N)=O. The molecular weight excluding hydrogens is 376 g/mol. The van der Waals surface area contributed by atoms with Gasteiger partial charge in [-0.05, 0) is 6.42 Å². The Hall–Kier alpha value is -0.790. The second-order valence-corrected chi connectivity index (χ2v) is 9.12. The van der Waals surface area contributed by atoms with Crippen molar-refractivity contribution < 1.29 is 34.7 Å². The average Bonchev–Trinajstić information content (AvgIpc) is 2.48. The van der Waals surface area contributed by atoms with Crippen LogP contribution in [0.3, 0.4) is 0 Å². The Morgan fingerprint density at radius 2 is 1.76 bits per heavy atom. The highest BCUT2D eigenvalue weighted by atomic mass is 32.2. The number of ether oxygens (including phenoxy) is 1. The number of carbonyl (C=O) groups excluding carboxylic acids is 1. The van der Waals surface area contributed by atoms with Crippen LogP contribution in [0.2, 0.25) is 0 Å². The van der Waals surface area contributed by atoms with Crippen molar-refractivity contribution in [1.82, 2.24) is 4.90 Å². The molecule has 0 radical (unpaired) electrons. The van der Waals surface area contributed by atoms with Crippen molar-refractivity contribution in [2.75, 3.05) is 45.4 Å². The van der Waals surface area contributed by atoms with E-state index in [4.69, 9.17) is 18.8 Å². The van der Waals surface area contributed by atoms with Crippen LogP contribution in [0.1, 0.15) is 19.8 Å². The molecule has 1 rings (SSSR count). The van der Waals surface area contributed by atoms with Gasteiger partial charge < -0.3 is 10.5 Å². The fourth-order valence-electron chi connectivity index (χ4n) is 2.68. The molecule has 1 saturated heterocycles. The lowest BCUT2D eigenvalue weighted by Gasteiger charge is -2.37. The third kappa shape index (κ3) is 7.15. The van der Waals surface area contributed by atoms with Gasteiger partial charge in [-0.1, -0.05) is 6.92 Å². The van der Waals surface area contributed by atoms with Gasteiger partial charge in [0.1, 0.15) is 6.10 Å². The van der Waals surface area contributed by atoms with E-state index in [1.165, 1.54) is 0 Å². The molecule has 0 saturated carbocycles. The molecule has 1 aliphatic rings. The van der Waals surface area contributed by atoms with E-state index in [1.54, 1.807) is 6.92 Å². The number of hydrogen-bond acceptors (Lipinski definition) is 9. The molecule has 2 atom stereocenters. The molecule has 0 aromatic carbocycles. The number of rotatable bonds is 10. The molecule has 12 heteroatoms. The van der Waals surface area contributed by atoms with E-state index in [9.17, 15) is 21.6 Å². The zero-order valence-corrected chi connectivity index (χ0v) is 16.3. The summed E-state index contributed by atoms with van der Waals surface area (Å²) in [6.07, 6.45) is 0.0878. The van der Waals surface area contributed by atoms with E-state index in [0.717, 1.165) is 12.5 Å². The second-order valence-electron chi connectivity index (χ2n) is 5.94. The van der Waals surface area contributed by atoms with Gasteiger partial charge in [0.05, 0.1) is 25.7 Å². The van der Waals surface area contributed by atoms with Crippen LogP contribution < -0.4 is 5.73 Å². The maximum absolute atomic E-state index is 12.2. The summed E-state index contributed by atoms with van der Waals surface area (Å²) in [5, 5.41) is 0. The van der Waals surface area contributed by atoms with Crippen LogP contribution in [0.15, 0.2) is 0 Å². The molecule has 148 valence electrons. The number of amides is 1. The summed E-state index contributed by atoms with van der Waals surface area (Å²) < 4.78 is 61.7. The van der Waals surface area contributed by atoms with Crippen molar-refractivity contribution in [2.45, 2.75) is 31.5 Å². The predicted octanol–water partition coefficient (Wildman–Crippen LogP) is -1.34. The summed E-state index contributed by atoms with van der Waals surface area (Å²) >= 11 is 0. The third-order valence-electron chi connectivity index (χ3n) is 3.80. The van der Waals surface area contributed by atoms with E-state index < -0.39 is 37.8 Å². The zero-order valence-electron chi connectivity index (χ0n) is 14.6. The van der Waals surface area contributed by atoms with Gasteiger partial charge in [0.25, 0.3) is 26.1 Å². The van der Waals surface area contributed by atoms with Gasteiger partial charge in [-0.15, -0.1) is 0 Å². The molecule has 0 aromatic rings. The van der Waals surface area contributed by atoms with Gasteiger partial charge in [0.15, 0.2) is 5.60 Å². The third-order valence-corrected chi connectivity index (χ3v) is 4.98. The smallest absolute Gasteiger partial charge is 0.265 e. The molecular formula is C13H26N2O8S2. The Morgan fingerprint density at radius 1 is 1.20 bits per heavy atom. The molecule has 0 aromatic heterocycles. The number of morpholine rings is 1. The van der Waals surface area contributed by atoms with Crippen LogP contribution in [0, 0.1) is 0 Å². The Bertz CT molecular complexity index is 658. The van der Waals surface area contributed by atoms with E-state index in [2.05, 4.69) is 0 Å². The predicted molar refractivity (Wildman–Crippen MR) is 89.7 cm³/mol. The molecule has 0 aliphatic carbocycles. The molecule has 2 unspecified atom stereocenters. The molecule has 0 spiro atoms. The molecule has 1 fully saturated rings. The monoisotopic (exact) mass is 402 g/mol. The number of hydrogen-bond donors (Lipinski definition) is 1. The highest BCUT2D eigenvalue weighted by molar-refractivity contribution is 7.86. The quantitative estimate of drug-likeness (QED) is 0.439. The van der Waals surface area contributed by atoms with Crippen molar-refractivity contribution in [2.24, 2.45) is 5.73 Å². The number of primary amides is 1. The number of nitrogens with zero attached hydrogens (tertiary/aromatic N) is 1. The Morgan fingerprint density at radius 3 is 2.16 bits per heavy atom. The van der Waals surface area contributed by atoms with Crippen LogP contribution in [0.4, 0.5) is 0 Å². The molecule has 10 nitrogen and oxygen atoms in total. The van der Waals surface area contributed by atoms with Crippen LogP contribution in [-0.2, 0) is 38.1 Å². The van der Waals surface area contributed by atoms with Crippen LogP contribution in [0.5, 0.6) is 0 Å². The number of nitrogens with two attached hydrogens (primary N) is 1. The van der Waals surface area contributed by atoms with Gasteiger partial charge in [0.2, 0.25) is 0 Å². The van der Waals surface area contributed by atoms with Crippen LogP contribution in [-0.4, -0.2) is 84.7 Å². The lowest BCUT2D eigenvalue weighted by molar-refractivity contribution is -0.143. The lowest BCUT2D eigenvalue weighted by Crippen LogP contribution is -2.58. The van der Waals surface area contributed by atoms with Gasteiger partial charge in [0, 0.05) is 26.1 Å². The van der Waals surface area contributed by atoms with Gasteiger partial charge in [-0.25, -0.2) is 0 Å². The molecule has 1 amide bonds. The lowest BCUT2D eigenvalue weighted by atomic mass is 9.90. The van der Waals surface area contributed by atoms with E-state index in [1.807, 2.05) is 4.90 Å². The first-order valence-electron chi connectivity index (χ1n) is 7.78. The van der Waals surface area contributed by atoms with Crippen LogP contribution in [0.25, 0.3) is 0 Å². The Balaban J connectivity index is 3.17. The standard InChI is InChI=1S/C13H26N2O8S2/c1-4-11(22-24(2,17)18)13(12(14)16,23-25(3,19)20)5-6-15-7-9-21-10-8-15/h11H,4-10H2,1-3H3,(H2,14,16). The first-order valence-corrected chi connectivity index (χ1v) is 11.4. The molecule has 0 bridgehead atoms. The fourth-order valence-corrected chi connectivity index (χ4v) is 4.21. The summed E-state index contributed by atoms with van der Waals surface area (Å²) in [5.41, 5.74) is 3.32. The average molecular weight is 402 g/mol. The van der Waals surface area contributed by atoms with E-state index in [0.29, 0.717) is 26.3 Å². The summed E-state index contributed by atoms with van der Waals surface area (Å²) in [5.74, 6) is -1.10. The summed E-state index contributed by atoms with van der Waals surface area (Å²) in [7, 11) is -8.08. The normalized spacial score (nSPS) is 20.8. The van der Waals surface area contributed by atoms with E-state index >= 15 is 0 Å². The minimum absolute atomic E-state index is 0.00857. The van der Waals surface area contributed by atoms with Gasteiger partial charge in [-0.3, -0.25) is 18.1 Å². The van der Waals surface area contributed by atoms with Crippen molar-refractivity contribution in [1.29, 1.82) is 0 Å². The fraction of sp³-hybridized carbons (Fsp3) is 0.923. The van der Waals surface area contributed by atoms with Crippen molar-refractivity contribution >= 4 is 26.1 Å². The summed E-state index contributed by atoms with van der Waals surface area (Å²) in [4.78, 5) is 14.1. The number of carbonyl (C=O) groups is 1. The van der Waals surface area contributed by atoms with E-state index in [-0.39, 0.29) is 19.4 Å². The Labute approximate surface area is 148 Å². The summed E-state index contributed by atoms with van der Waals surface area (Å²) in [6.45, 7) is 4.02. The minimum Gasteiger partial charge on any atom is -0.379 e. The van der Waals surface area contributed by atoms with Crippen molar-refractivity contribution in [3.05, 3.63) is 0 Å². The van der Waals surface area contributed by atoms with Crippen molar-refractivity contribution in [3.8, 4) is 0 Å². The molecule has 25 heavy (non-hydrogen) atoms. The van der Waals surface area contributed by atoms with Gasteiger partial charge in [-0.2, -0.15) is 16.8 Å². The first kappa shape index (κ1) is 22.3. The summed E-state index contributed by atoms with van der Waals surface area (Å²) in [6, 6.07) is 0. The highest BCUT2D eigenvalue weighted by Crippen LogP contribution is 2.29. The van der Waals surface area contributed by atoms with Crippen LogP contribution >= 0.6 is 0 Å². The maximum Gasteiger partial charge on any atom is 0.265 e. The van der Waals surface area contributed by atoms with Crippen molar-refractivity contribution in [3.63, 3.8) is 0 Å². The first-order chi connectivity index (χ1) is 11.4. The van der Waals surface area contributed by atoms with Gasteiger partial charge >= 0.3 is 0 Å². The maximum atomic E-state index is 12.2. The molecule has 2 N–H and O–H groups in total. The second kappa shape index (κ2) is 8.73. The molecule has 1 aliphatic heterocycles. The minimum atomic E-state index is -4.11. The largest absolute Gasteiger partial charge is 0.379 e. The zero-order chi connectivity index (χ0) is 19.3. The molecule has 1 heterocycles. The Kier molecular flexibility index (Phi) is 7.77. The highest BCUT2D eigenvalue weighted by Gasteiger charge is 2.50.